The number of ether oxygens (including phenoxy) is 1. The molecule has 0 saturated carbocycles. The summed E-state index contributed by atoms with van der Waals surface area (Å²) in [6, 6.07) is 6.34. The number of nitrogens with zero attached hydrogens (tertiary/aromatic N) is 3. The number of aliphatic imine (C=N–C) groups is 1. The van der Waals surface area contributed by atoms with Crippen molar-refractivity contribution < 1.29 is 9.13 Å². The summed E-state index contributed by atoms with van der Waals surface area (Å²) in [4.78, 5) is 4.28. The van der Waals surface area contributed by atoms with Crippen LogP contribution in [0.5, 0.6) is 0 Å². The van der Waals surface area contributed by atoms with E-state index in [-0.39, 0.29) is 11.7 Å². The number of hydrogen-bond donors (Lipinski definition) is 1. The molecule has 1 atom stereocenters. The fourth-order valence-corrected chi connectivity index (χ4v) is 2.67. The number of halogens is 2. The minimum atomic E-state index is -0.354. The Hall–Kier alpha value is -1.92. The van der Waals surface area contributed by atoms with E-state index < -0.39 is 0 Å². The molecular formula is C16H18ClFN4O. The Kier molecular flexibility index (Phi) is 4.63. The molecule has 1 aliphatic rings. The van der Waals surface area contributed by atoms with Crippen LogP contribution in [-0.4, -0.2) is 21.6 Å². The predicted octanol–water partition coefficient (Wildman–Crippen LogP) is 3.60. The second-order valence-corrected chi connectivity index (χ2v) is 6.13. The van der Waals surface area contributed by atoms with E-state index in [0.29, 0.717) is 30.5 Å². The molecule has 2 heterocycles. The molecule has 7 heteroatoms. The lowest BCUT2D eigenvalue weighted by Crippen LogP contribution is -2.10. The Morgan fingerprint density at radius 1 is 1.39 bits per heavy atom. The van der Waals surface area contributed by atoms with Crippen LogP contribution < -0.4 is 5.73 Å². The lowest BCUT2D eigenvalue weighted by Gasteiger charge is -2.10. The van der Waals surface area contributed by atoms with Crippen LogP contribution in [0.1, 0.15) is 30.5 Å². The number of anilines is 1. The van der Waals surface area contributed by atoms with Gasteiger partial charge in [0.05, 0.1) is 18.9 Å². The number of hydrogen-bond acceptors (Lipinski definition) is 4. The van der Waals surface area contributed by atoms with Gasteiger partial charge in [0.1, 0.15) is 11.0 Å². The second-order valence-electron chi connectivity index (χ2n) is 5.70. The lowest BCUT2D eigenvalue weighted by molar-refractivity contribution is 0.109. The summed E-state index contributed by atoms with van der Waals surface area (Å²) in [6.45, 7) is 3.56. The van der Waals surface area contributed by atoms with Gasteiger partial charge in [-0.3, -0.25) is 0 Å². The third-order valence-electron chi connectivity index (χ3n) is 3.66. The molecule has 0 fully saturated rings. The third kappa shape index (κ3) is 3.89. The molecule has 2 N–H and O–H groups in total. The number of benzene rings is 1. The first-order valence-electron chi connectivity index (χ1n) is 7.45. The van der Waals surface area contributed by atoms with E-state index >= 15 is 0 Å². The van der Waals surface area contributed by atoms with Gasteiger partial charge in [0.15, 0.2) is 5.82 Å². The van der Waals surface area contributed by atoms with E-state index in [0.717, 1.165) is 23.6 Å². The van der Waals surface area contributed by atoms with E-state index in [2.05, 4.69) is 10.1 Å². The Bertz CT molecular complexity index is 723. The van der Waals surface area contributed by atoms with Gasteiger partial charge in [-0.25, -0.2) is 14.1 Å². The highest BCUT2D eigenvalue weighted by molar-refractivity contribution is 6.65. The van der Waals surface area contributed by atoms with Gasteiger partial charge in [0.2, 0.25) is 0 Å². The Balaban J connectivity index is 1.58. The molecule has 0 aliphatic carbocycles. The zero-order chi connectivity index (χ0) is 16.4. The van der Waals surface area contributed by atoms with Gasteiger partial charge < -0.3 is 10.5 Å². The van der Waals surface area contributed by atoms with E-state index in [1.807, 2.05) is 17.7 Å². The molecule has 122 valence electrons. The number of fused-ring (bicyclic) bond motifs is 1. The average molecular weight is 337 g/mol. The van der Waals surface area contributed by atoms with Gasteiger partial charge in [0, 0.05) is 30.6 Å². The molecule has 1 aliphatic heterocycles. The number of rotatable bonds is 5. The van der Waals surface area contributed by atoms with Crippen molar-refractivity contribution in [2.45, 2.75) is 32.4 Å². The average Bonchev–Trinajstić information content (AvgIpc) is 2.89. The number of nitrogens with two attached hydrogens (primary N) is 1. The molecule has 0 radical (unpaired) electrons. The second kappa shape index (κ2) is 6.68. The van der Waals surface area contributed by atoms with Crippen LogP contribution >= 0.6 is 11.6 Å². The van der Waals surface area contributed by atoms with E-state index in [1.165, 1.54) is 12.1 Å². The van der Waals surface area contributed by atoms with Crippen molar-refractivity contribution >= 4 is 28.3 Å². The molecule has 1 unspecified atom stereocenters. The molecule has 0 amide bonds. The fraction of sp³-hybridized carbons (Fsp3) is 0.375. The van der Waals surface area contributed by atoms with Crippen LogP contribution in [0, 0.1) is 5.82 Å². The van der Waals surface area contributed by atoms with Gasteiger partial charge in [-0.15, -0.1) is 0 Å². The van der Waals surface area contributed by atoms with Crippen molar-refractivity contribution in [1.82, 2.24) is 9.78 Å². The highest BCUT2D eigenvalue weighted by Crippen LogP contribution is 2.25. The highest BCUT2D eigenvalue weighted by Gasteiger charge is 2.17. The largest absolute Gasteiger partial charge is 0.399 e. The van der Waals surface area contributed by atoms with Gasteiger partial charge in [0.25, 0.3) is 0 Å². The van der Waals surface area contributed by atoms with Crippen molar-refractivity contribution in [2.75, 3.05) is 12.3 Å². The smallest absolute Gasteiger partial charge is 0.152 e. The summed E-state index contributed by atoms with van der Waals surface area (Å²) < 4.78 is 20.8. The summed E-state index contributed by atoms with van der Waals surface area (Å²) >= 11 is 5.95. The van der Waals surface area contributed by atoms with Gasteiger partial charge in [-0.05, 0) is 23.8 Å². The molecule has 2 aromatic rings. The third-order valence-corrected chi connectivity index (χ3v) is 3.94. The van der Waals surface area contributed by atoms with E-state index in [9.17, 15) is 4.39 Å². The molecule has 0 saturated heterocycles. The summed E-state index contributed by atoms with van der Waals surface area (Å²) in [5, 5.41) is 5.14. The fourth-order valence-electron chi connectivity index (χ4n) is 2.50. The Morgan fingerprint density at radius 3 is 3.00 bits per heavy atom. The first kappa shape index (κ1) is 16.0. The first-order valence-corrected chi connectivity index (χ1v) is 7.82. The maximum absolute atomic E-state index is 13.3. The quantitative estimate of drug-likeness (QED) is 0.848. The van der Waals surface area contributed by atoms with Crippen LogP contribution in [0.3, 0.4) is 0 Å². The lowest BCUT2D eigenvalue weighted by atomic mass is 10.1. The summed E-state index contributed by atoms with van der Waals surface area (Å²) in [7, 11) is 0. The molecule has 5 nitrogen and oxygen atoms in total. The summed E-state index contributed by atoms with van der Waals surface area (Å²) in [5.74, 6) is 0.530. The minimum Gasteiger partial charge on any atom is -0.399 e. The zero-order valence-corrected chi connectivity index (χ0v) is 13.6. The van der Waals surface area contributed by atoms with Crippen molar-refractivity contribution in [3.8, 4) is 0 Å². The molecule has 0 spiro atoms. The van der Waals surface area contributed by atoms with E-state index in [4.69, 9.17) is 22.1 Å². The van der Waals surface area contributed by atoms with Crippen LogP contribution in [-0.2, 0) is 17.9 Å². The van der Waals surface area contributed by atoms with Gasteiger partial charge in [-0.1, -0.05) is 18.5 Å². The molecule has 3 rings (SSSR count). The first-order chi connectivity index (χ1) is 11.0. The number of aromatic nitrogens is 2. The molecule has 1 aromatic heterocycles. The number of nitrogen functional groups attached to an aromatic ring is 1. The van der Waals surface area contributed by atoms with Crippen LogP contribution in [0.4, 0.5) is 15.9 Å². The molecule has 1 aromatic carbocycles. The Morgan fingerprint density at radius 2 is 2.22 bits per heavy atom. The highest BCUT2D eigenvalue weighted by atomic mass is 35.5. The molecule has 0 bridgehead atoms. The minimum absolute atomic E-state index is 0.105. The topological polar surface area (TPSA) is 65.4 Å². The summed E-state index contributed by atoms with van der Waals surface area (Å²) in [5.41, 5.74) is 7.64. The monoisotopic (exact) mass is 336 g/mol. The van der Waals surface area contributed by atoms with Crippen molar-refractivity contribution in [3.05, 3.63) is 41.3 Å². The van der Waals surface area contributed by atoms with Crippen molar-refractivity contribution in [1.29, 1.82) is 0 Å². The van der Waals surface area contributed by atoms with Crippen LogP contribution in [0.25, 0.3) is 0 Å². The van der Waals surface area contributed by atoms with Gasteiger partial charge in [-0.2, -0.15) is 5.10 Å². The molecular weight excluding hydrogens is 319 g/mol. The van der Waals surface area contributed by atoms with Crippen LogP contribution in [0.2, 0.25) is 0 Å². The van der Waals surface area contributed by atoms with E-state index in [1.54, 1.807) is 6.07 Å². The van der Waals surface area contributed by atoms with Gasteiger partial charge >= 0.3 is 0 Å². The maximum atomic E-state index is 13.3. The Labute approximate surface area is 138 Å². The number of aryl methyl sites for hydroxylation is 1. The predicted molar refractivity (Wildman–Crippen MR) is 88.7 cm³/mol. The van der Waals surface area contributed by atoms with Crippen molar-refractivity contribution in [2.24, 2.45) is 4.99 Å². The zero-order valence-electron chi connectivity index (χ0n) is 12.8. The molecule has 23 heavy (non-hydrogen) atoms. The standard InChI is InChI=1S/C16H18ClFN4O/c1-10(8-23-9-11-4-12(18)6-13(19)5-11)14-7-16-20-15(17)2-3-22(16)21-14/h4-7,10H,2-3,8-9,19H2,1H3. The maximum Gasteiger partial charge on any atom is 0.152 e. The SMILES string of the molecule is CC(COCc1cc(N)cc(F)c1)c1cc2n(n1)CCC(Cl)=N2. The normalized spacial score (nSPS) is 15.2. The van der Waals surface area contributed by atoms with Crippen LogP contribution in [0.15, 0.2) is 29.3 Å². The van der Waals surface area contributed by atoms with Crippen molar-refractivity contribution in [3.63, 3.8) is 0 Å². The summed E-state index contributed by atoms with van der Waals surface area (Å²) in [6.07, 6.45) is 0.710.